The average molecular weight is 406 g/mol. The Balaban J connectivity index is 2.19. The van der Waals surface area contributed by atoms with Gasteiger partial charge < -0.3 is 19.3 Å². The number of nitrogens with zero attached hydrogens (tertiary/aromatic N) is 1. The first kappa shape index (κ1) is 20.3. The summed E-state index contributed by atoms with van der Waals surface area (Å²) in [5, 5.41) is 10.4. The molecular formula is C21H24ClNO5. The van der Waals surface area contributed by atoms with Crippen molar-refractivity contribution in [3.05, 3.63) is 52.5 Å². The first-order chi connectivity index (χ1) is 13.5. The predicted octanol–water partition coefficient (Wildman–Crippen LogP) is 4.00. The van der Waals surface area contributed by atoms with E-state index in [0.29, 0.717) is 35.2 Å². The van der Waals surface area contributed by atoms with Gasteiger partial charge in [-0.1, -0.05) is 23.7 Å². The molecule has 1 saturated heterocycles. The van der Waals surface area contributed by atoms with Crippen LogP contribution < -0.4 is 14.2 Å². The van der Waals surface area contributed by atoms with Crippen LogP contribution >= 0.6 is 11.6 Å². The fourth-order valence-electron chi connectivity index (χ4n) is 3.82. The maximum Gasteiger partial charge on any atom is 0.320 e. The third kappa shape index (κ3) is 3.88. The van der Waals surface area contributed by atoms with E-state index in [2.05, 4.69) is 0 Å². The molecule has 1 N–H and O–H groups in total. The third-order valence-electron chi connectivity index (χ3n) is 5.13. The van der Waals surface area contributed by atoms with E-state index in [9.17, 15) is 9.90 Å². The molecule has 0 bridgehead atoms. The van der Waals surface area contributed by atoms with Crippen LogP contribution in [-0.2, 0) is 4.79 Å². The summed E-state index contributed by atoms with van der Waals surface area (Å²) in [4.78, 5) is 13.9. The second kappa shape index (κ2) is 8.71. The molecule has 1 fully saturated rings. The Morgan fingerprint density at radius 1 is 1.07 bits per heavy atom. The van der Waals surface area contributed by atoms with Crippen molar-refractivity contribution in [3.63, 3.8) is 0 Å². The minimum absolute atomic E-state index is 0.323. The summed E-state index contributed by atoms with van der Waals surface area (Å²) < 4.78 is 16.5. The first-order valence-electron chi connectivity index (χ1n) is 9.04. The van der Waals surface area contributed by atoms with Crippen molar-refractivity contribution in [2.24, 2.45) is 0 Å². The molecule has 28 heavy (non-hydrogen) atoms. The van der Waals surface area contributed by atoms with Crippen LogP contribution in [-0.4, -0.2) is 49.9 Å². The third-order valence-corrected chi connectivity index (χ3v) is 5.38. The zero-order valence-corrected chi connectivity index (χ0v) is 16.9. The van der Waals surface area contributed by atoms with E-state index < -0.39 is 12.0 Å². The van der Waals surface area contributed by atoms with Crippen molar-refractivity contribution in [1.82, 2.24) is 4.90 Å². The number of likely N-dealkylation sites (tertiary alicyclic amines) is 1. The normalized spacial score (nSPS) is 17.9. The van der Waals surface area contributed by atoms with Crippen molar-refractivity contribution < 1.29 is 24.1 Å². The Kier molecular flexibility index (Phi) is 6.31. The summed E-state index contributed by atoms with van der Waals surface area (Å²) in [6.07, 6.45) is 1.42. The highest BCUT2D eigenvalue weighted by atomic mass is 35.5. The van der Waals surface area contributed by atoms with Gasteiger partial charge in [0.2, 0.25) is 0 Å². The lowest BCUT2D eigenvalue weighted by Crippen LogP contribution is -2.39. The molecule has 150 valence electrons. The molecule has 2 aromatic carbocycles. The van der Waals surface area contributed by atoms with Crippen molar-refractivity contribution >= 4 is 17.6 Å². The molecule has 0 aliphatic carbocycles. The number of rotatable bonds is 7. The minimum Gasteiger partial charge on any atom is -0.496 e. The number of aliphatic carboxylic acids is 1. The predicted molar refractivity (Wildman–Crippen MR) is 107 cm³/mol. The summed E-state index contributed by atoms with van der Waals surface area (Å²) in [6.45, 7) is 0.668. The molecule has 2 aromatic rings. The molecule has 2 unspecified atom stereocenters. The monoisotopic (exact) mass is 405 g/mol. The Hall–Kier alpha value is -2.44. The summed E-state index contributed by atoms with van der Waals surface area (Å²) in [6, 6.07) is 10.2. The molecular weight excluding hydrogens is 382 g/mol. The Labute approximate surface area is 169 Å². The summed E-state index contributed by atoms with van der Waals surface area (Å²) in [7, 11) is 4.72. The molecule has 0 aromatic heterocycles. The molecule has 1 aliphatic heterocycles. The zero-order valence-electron chi connectivity index (χ0n) is 16.1. The molecule has 0 saturated carbocycles. The summed E-state index contributed by atoms with van der Waals surface area (Å²) in [5.41, 5.74) is 1.75. The number of carboxylic acid groups (broad SMARTS) is 1. The lowest BCUT2D eigenvalue weighted by molar-refractivity contribution is -0.142. The second-order valence-electron chi connectivity index (χ2n) is 6.64. The van der Waals surface area contributed by atoms with Crippen LogP contribution in [0.25, 0.3) is 0 Å². The SMILES string of the molecule is COc1cc(OC)c(C(c2ccc(Cl)cc2)N2CCCC2C(=O)O)cc1OC. The van der Waals surface area contributed by atoms with Gasteiger partial charge >= 0.3 is 5.97 Å². The van der Waals surface area contributed by atoms with Gasteiger partial charge in [0, 0.05) is 23.2 Å². The molecule has 0 spiro atoms. The van der Waals surface area contributed by atoms with E-state index in [-0.39, 0.29) is 6.04 Å². The Morgan fingerprint density at radius 3 is 2.25 bits per heavy atom. The van der Waals surface area contributed by atoms with Crippen molar-refractivity contribution in [1.29, 1.82) is 0 Å². The molecule has 1 heterocycles. The highest BCUT2D eigenvalue weighted by Gasteiger charge is 2.38. The van der Waals surface area contributed by atoms with Crippen LogP contribution in [0.5, 0.6) is 17.2 Å². The quantitative estimate of drug-likeness (QED) is 0.750. The van der Waals surface area contributed by atoms with Gasteiger partial charge in [0.25, 0.3) is 0 Å². The molecule has 7 heteroatoms. The van der Waals surface area contributed by atoms with Crippen LogP contribution in [0.1, 0.15) is 30.0 Å². The molecule has 6 nitrogen and oxygen atoms in total. The number of carbonyl (C=O) groups is 1. The summed E-state index contributed by atoms with van der Waals surface area (Å²) in [5.74, 6) is 0.891. The summed E-state index contributed by atoms with van der Waals surface area (Å²) >= 11 is 6.08. The van der Waals surface area contributed by atoms with Gasteiger partial charge in [0.05, 0.1) is 27.4 Å². The first-order valence-corrected chi connectivity index (χ1v) is 9.41. The van der Waals surface area contributed by atoms with Crippen molar-refractivity contribution in [2.75, 3.05) is 27.9 Å². The number of hydrogen-bond donors (Lipinski definition) is 1. The van der Waals surface area contributed by atoms with Gasteiger partial charge in [-0.2, -0.15) is 0 Å². The maximum absolute atomic E-state index is 11.9. The second-order valence-corrected chi connectivity index (χ2v) is 7.07. The number of methoxy groups -OCH3 is 3. The van der Waals surface area contributed by atoms with Crippen LogP contribution in [0.15, 0.2) is 36.4 Å². The van der Waals surface area contributed by atoms with Crippen molar-refractivity contribution in [3.8, 4) is 17.2 Å². The van der Waals surface area contributed by atoms with Gasteiger partial charge in [0.15, 0.2) is 11.5 Å². The van der Waals surface area contributed by atoms with Gasteiger partial charge in [-0.05, 0) is 36.6 Å². The van der Waals surface area contributed by atoms with Crippen LogP contribution in [0.3, 0.4) is 0 Å². The molecule has 0 amide bonds. The molecule has 2 atom stereocenters. The minimum atomic E-state index is -0.823. The highest BCUT2D eigenvalue weighted by molar-refractivity contribution is 6.30. The standard InChI is InChI=1S/C21H24ClNO5/c1-26-17-12-19(28-3)18(27-2)11-15(17)20(13-6-8-14(22)9-7-13)23-10-4-5-16(23)21(24)25/h6-9,11-12,16,20H,4-5,10H2,1-3H3,(H,24,25). The Morgan fingerprint density at radius 2 is 1.68 bits per heavy atom. The number of benzene rings is 2. The van der Waals surface area contributed by atoms with E-state index in [0.717, 1.165) is 17.5 Å². The molecule has 3 rings (SSSR count). The van der Waals surface area contributed by atoms with E-state index in [1.54, 1.807) is 27.4 Å². The van der Waals surface area contributed by atoms with Crippen LogP contribution in [0.2, 0.25) is 5.02 Å². The van der Waals surface area contributed by atoms with E-state index >= 15 is 0 Å². The fraction of sp³-hybridized carbons (Fsp3) is 0.381. The lowest BCUT2D eigenvalue weighted by Gasteiger charge is -2.33. The van der Waals surface area contributed by atoms with Gasteiger partial charge in [-0.15, -0.1) is 0 Å². The van der Waals surface area contributed by atoms with Gasteiger partial charge in [0.1, 0.15) is 11.8 Å². The number of hydrogen-bond acceptors (Lipinski definition) is 5. The maximum atomic E-state index is 11.9. The van der Waals surface area contributed by atoms with Crippen molar-refractivity contribution in [2.45, 2.75) is 24.9 Å². The lowest BCUT2D eigenvalue weighted by atomic mass is 9.95. The highest BCUT2D eigenvalue weighted by Crippen LogP contribution is 2.44. The van der Waals surface area contributed by atoms with E-state index in [1.807, 2.05) is 35.2 Å². The average Bonchev–Trinajstić information content (AvgIpc) is 3.18. The van der Waals surface area contributed by atoms with E-state index in [1.165, 1.54) is 0 Å². The zero-order chi connectivity index (χ0) is 20.3. The van der Waals surface area contributed by atoms with Gasteiger partial charge in [-0.3, -0.25) is 9.69 Å². The fourth-order valence-corrected chi connectivity index (χ4v) is 3.95. The topological polar surface area (TPSA) is 68.2 Å². The number of halogens is 1. The number of carboxylic acids is 1. The molecule has 1 aliphatic rings. The Bertz CT molecular complexity index is 839. The molecule has 0 radical (unpaired) electrons. The van der Waals surface area contributed by atoms with Crippen LogP contribution in [0.4, 0.5) is 0 Å². The van der Waals surface area contributed by atoms with E-state index in [4.69, 9.17) is 25.8 Å². The number of ether oxygens (including phenoxy) is 3. The van der Waals surface area contributed by atoms with Crippen LogP contribution in [0, 0.1) is 0 Å². The smallest absolute Gasteiger partial charge is 0.320 e. The van der Waals surface area contributed by atoms with Gasteiger partial charge in [-0.25, -0.2) is 0 Å². The largest absolute Gasteiger partial charge is 0.496 e.